The van der Waals surface area contributed by atoms with Gasteiger partial charge in [-0.1, -0.05) is 52.0 Å². The number of ether oxygens (including phenoxy) is 2. The fraction of sp³-hybridized carbons (Fsp3) is 0.458. The van der Waals surface area contributed by atoms with Crippen LogP contribution in [0.15, 0.2) is 48.2 Å². The van der Waals surface area contributed by atoms with Crippen LogP contribution in [0.1, 0.15) is 62.9 Å². The summed E-state index contributed by atoms with van der Waals surface area (Å²) in [4.78, 5) is 12.8. The van der Waals surface area contributed by atoms with Gasteiger partial charge >= 0.3 is 6.18 Å². The Balaban J connectivity index is 0.00000227. The molecule has 0 saturated carbocycles. The third-order valence-electron chi connectivity index (χ3n) is 4.30. The number of methoxy groups -OCH3 is 1. The van der Waals surface area contributed by atoms with Gasteiger partial charge in [0.05, 0.1) is 19.3 Å². The Morgan fingerprint density at radius 1 is 1.25 bits per heavy atom. The quantitative estimate of drug-likeness (QED) is 0.442. The fourth-order valence-electron chi connectivity index (χ4n) is 2.79. The topological polar surface area (TPSA) is 47.6 Å². The van der Waals surface area contributed by atoms with Gasteiger partial charge in [-0.3, -0.25) is 4.79 Å². The van der Waals surface area contributed by atoms with E-state index in [0.717, 1.165) is 24.1 Å². The highest BCUT2D eigenvalue weighted by Gasteiger charge is 2.30. The predicted octanol–water partition coefficient (Wildman–Crippen LogP) is 7.21. The van der Waals surface area contributed by atoms with E-state index in [1.54, 1.807) is 13.0 Å². The fourth-order valence-corrected chi connectivity index (χ4v) is 3.01. The summed E-state index contributed by atoms with van der Waals surface area (Å²) in [6.07, 6.45) is -0.350. The largest absolute Gasteiger partial charge is 0.496 e. The van der Waals surface area contributed by atoms with Gasteiger partial charge in [0, 0.05) is 34.4 Å². The van der Waals surface area contributed by atoms with Gasteiger partial charge < -0.3 is 14.8 Å². The van der Waals surface area contributed by atoms with Gasteiger partial charge in [-0.2, -0.15) is 13.2 Å². The molecule has 1 aromatic rings. The molecule has 32 heavy (non-hydrogen) atoms. The lowest BCUT2D eigenvalue weighted by Gasteiger charge is -2.18. The zero-order valence-electron chi connectivity index (χ0n) is 19.5. The molecule has 0 aromatic heterocycles. The van der Waals surface area contributed by atoms with Crippen LogP contribution in [0, 0.1) is 0 Å². The summed E-state index contributed by atoms with van der Waals surface area (Å²) in [7, 11) is 1.45. The summed E-state index contributed by atoms with van der Waals surface area (Å²) >= 11 is 6.18. The maximum atomic E-state index is 12.8. The maximum absolute atomic E-state index is 12.8. The van der Waals surface area contributed by atoms with Crippen molar-refractivity contribution in [1.82, 2.24) is 5.32 Å². The van der Waals surface area contributed by atoms with Crippen molar-refractivity contribution < 1.29 is 27.4 Å². The monoisotopic (exact) mass is 475 g/mol. The first-order chi connectivity index (χ1) is 15.2. The Bertz CT molecular complexity index is 811. The van der Waals surface area contributed by atoms with Crippen LogP contribution in [0.25, 0.3) is 0 Å². The molecule has 4 nitrogen and oxygen atoms in total. The number of carbonyl (C=O) groups excluding carboxylic acids is 1. The van der Waals surface area contributed by atoms with E-state index < -0.39 is 17.7 Å². The Labute approximate surface area is 194 Å². The summed E-state index contributed by atoms with van der Waals surface area (Å²) in [6, 6.07) is 3.20. The Hall–Kier alpha value is -2.25. The van der Waals surface area contributed by atoms with Crippen molar-refractivity contribution in [2.45, 2.75) is 53.1 Å². The van der Waals surface area contributed by atoms with Crippen LogP contribution in [0.5, 0.6) is 5.75 Å². The molecule has 1 N–H and O–H groups in total. The number of benzene rings is 1. The van der Waals surface area contributed by atoms with Crippen LogP contribution >= 0.6 is 11.6 Å². The molecular weight excluding hydrogens is 443 g/mol. The number of hydrogen-bond donors (Lipinski definition) is 1. The minimum absolute atomic E-state index is 0.0522. The van der Waals surface area contributed by atoms with E-state index in [2.05, 4.69) is 11.9 Å². The number of halogens is 4. The Morgan fingerprint density at radius 2 is 1.88 bits per heavy atom. The number of allylic oxidation sites excluding steroid dienone is 4. The first kappa shape index (κ1) is 29.8. The van der Waals surface area contributed by atoms with E-state index >= 15 is 0 Å². The van der Waals surface area contributed by atoms with Gasteiger partial charge in [-0.15, -0.1) is 0 Å². The predicted molar refractivity (Wildman–Crippen MR) is 124 cm³/mol. The standard InChI is InChI=1S/C20H21ClF3NO3.2C2H6/c1-4-15(6-5-12(2)20(22,23)24)25-19(26)17-10-14(21)9-16(18(17)27-3)13-7-8-28-11-13;2*1-2/h4-6,9-10,13H,2,7-8,11H2,1,3H3,(H,25,26);2*1-2H3/b6-5-,15-4+;;. The third-order valence-corrected chi connectivity index (χ3v) is 4.52. The molecule has 8 heteroatoms. The highest BCUT2D eigenvalue weighted by molar-refractivity contribution is 6.31. The number of carbonyl (C=O) groups is 1. The van der Waals surface area contributed by atoms with Crippen molar-refractivity contribution in [1.29, 1.82) is 0 Å². The molecule has 1 amide bonds. The van der Waals surface area contributed by atoms with Crippen molar-refractivity contribution in [3.8, 4) is 5.75 Å². The van der Waals surface area contributed by atoms with Gasteiger partial charge in [-0.05, 0) is 37.6 Å². The molecule has 1 aliphatic rings. The van der Waals surface area contributed by atoms with Gasteiger partial charge in [0.15, 0.2) is 0 Å². The number of alkyl halides is 3. The summed E-state index contributed by atoms with van der Waals surface area (Å²) in [5.74, 6) is -0.122. The highest BCUT2D eigenvalue weighted by Crippen LogP contribution is 2.37. The van der Waals surface area contributed by atoms with E-state index in [4.69, 9.17) is 21.1 Å². The molecule has 1 saturated heterocycles. The number of nitrogens with one attached hydrogen (secondary N) is 1. The lowest BCUT2D eigenvalue weighted by atomic mass is 9.95. The highest BCUT2D eigenvalue weighted by atomic mass is 35.5. The van der Waals surface area contributed by atoms with Crippen molar-refractivity contribution in [2.24, 2.45) is 0 Å². The summed E-state index contributed by atoms with van der Waals surface area (Å²) in [5, 5.41) is 2.92. The molecular formula is C24H33ClF3NO3. The van der Waals surface area contributed by atoms with E-state index in [0.29, 0.717) is 24.0 Å². The van der Waals surface area contributed by atoms with Crippen LogP contribution in [0.2, 0.25) is 5.02 Å². The molecule has 180 valence electrons. The second-order valence-corrected chi connectivity index (χ2v) is 6.63. The van der Waals surface area contributed by atoms with Gasteiger partial charge in [0.2, 0.25) is 0 Å². The summed E-state index contributed by atoms with van der Waals surface area (Å²) in [6.45, 7) is 13.7. The SMILES string of the molecule is C=C(/C=C\C(=C/C)NC(=O)c1cc(Cl)cc(C2CCOC2)c1OC)C(F)(F)F.CC.CC. The van der Waals surface area contributed by atoms with Crippen LogP contribution < -0.4 is 10.1 Å². The molecule has 1 fully saturated rings. The van der Waals surface area contributed by atoms with Crippen LogP contribution in [0.3, 0.4) is 0 Å². The van der Waals surface area contributed by atoms with Crippen LogP contribution in [-0.4, -0.2) is 32.4 Å². The van der Waals surface area contributed by atoms with Crippen molar-refractivity contribution in [3.05, 3.63) is 64.4 Å². The molecule has 1 aromatic carbocycles. The van der Waals surface area contributed by atoms with Gasteiger partial charge in [0.1, 0.15) is 5.75 Å². The average Bonchev–Trinajstić information content (AvgIpc) is 3.32. The van der Waals surface area contributed by atoms with E-state index in [9.17, 15) is 18.0 Å². The first-order valence-corrected chi connectivity index (χ1v) is 10.9. The molecule has 1 atom stereocenters. The maximum Gasteiger partial charge on any atom is 0.415 e. The molecule has 1 heterocycles. The molecule has 0 spiro atoms. The van der Waals surface area contributed by atoms with Gasteiger partial charge in [0.25, 0.3) is 5.91 Å². The van der Waals surface area contributed by atoms with Crippen molar-refractivity contribution in [3.63, 3.8) is 0 Å². The van der Waals surface area contributed by atoms with Crippen molar-refractivity contribution in [2.75, 3.05) is 20.3 Å². The first-order valence-electron chi connectivity index (χ1n) is 10.5. The molecule has 2 rings (SSSR count). The summed E-state index contributed by atoms with van der Waals surface area (Å²) in [5.41, 5.74) is 0.119. The van der Waals surface area contributed by atoms with Crippen molar-refractivity contribution >= 4 is 17.5 Å². The van der Waals surface area contributed by atoms with Gasteiger partial charge in [-0.25, -0.2) is 0 Å². The van der Waals surface area contributed by atoms with Crippen LogP contribution in [-0.2, 0) is 4.74 Å². The van der Waals surface area contributed by atoms with E-state index in [1.807, 2.05) is 27.7 Å². The zero-order valence-corrected chi connectivity index (χ0v) is 20.3. The van der Waals surface area contributed by atoms with E-state index in [1.165, 1.54) is 19.3 Å². The lowest BCUT2D eigenvalue weighted by Crippen LogP contribution is -2.23. The molecule has 0 bridgehead atoms. The Morgan fingerprint density at radius 3 is 2.34 bits per heavy atom. The zero-order chi connectivity index (χ0) is 24.9. The normalized spacial score (nSPS) is 15.9. The minimum Gasteiger partial charge on any atom is -0.496 e. The Kier molecular flexibility index (Phi) is 13.7. The number of amides is 1. The third kappa shape index (κ3) is 8.71. The second kappa shape index (κ2) is 14.7. The number of rotatable bonds is 6. The summed E-state index contributed by atoms with van der Waals surface area (Å²) < 4.78 is 48.5. The van der Waals surface area contributed by atoms with Crippen LogP contribution in [0.4, 0.5) is 13.2 Å². The minimum atomic E-state index is -4.53. The second-order valence-electron chi connectivity index (χ2n) is 6.19. The van der Waals surface area contributed by atoms with E-state index in [-0.39, 0.29) is 17.2 Å². The average molecular weight is 476 g/mol. The smallest absolute Gasteiger partial charge is 0.415 e. The molecule has 1 unspecified atom stereocenters. The molecule has 0 radical (unpaired) electrons. The lowest BCUT2D eigenvalue weighted by molar-refractivity contribution is -0.0878. The molecule has 1 aliphatic heterocycles. The number of hydrogen-bond acceptors (Lipinski definition) is 3. The molecule has 0 aliphatic carbocycles.